The number of phenols is 1. The number of alkyl halides is 3. The number of nitrogens with zero attached hydrogens (tertiary/aromatic N) is 3. The van der Waals surface area contributed by atoms with Gasteiger partial charge in [0, 0.05) is 34.7 Å². The van der Waals surface area contributed by atoms with E-state index >= 15 is 0 Å². The SMILES string of the molecule is COc1cc(Br)cc(C2C3=CCC4C(=O)N(c5ccc(N6CCOCC6)cc5)C(=O)C4C3CC3(Cl)C(=O)N(CBr)C(=O)C23Cl)c1O. The molecule has 0 radical (unpaired) electrons. The van der Waals surface area contributed by atoms with Crippen LogP contribution in [0, 0.1) is 17.8 Å². The Morgan fingerprint density at radius 1 is 1.00 bits per heavy atom. The van der Waals surface area contributed by atoms with Gasteiger partial charge in [-0.2, -0.15) is 0 Å². The number of likely N-dealkylation sites (tertiary alicyclic amines) is 1. The van der Waals surface area contributed by atoms with Gasteiger partial charge >= 0.3 is 0 Å². The smallest absolute Gasteiger partial charge is 0.254 e. The Bertz CT molecular complexity index is 1700. The van der Waals surface area contributed by atoms with Crippen LogP contribution in [0.15, 0.2) is 52.5 Å². The highest BCUT2D eigenvalue weighted by atomic mass is 79.9. The number of aromatic hydroxyl groups is 1. The van der Waals surface area contributed by atoms with Gasteiger partial charge in [-0.1, -0.05) is 43.5 Å². The molecule has 3 aliphatic heterocycles. The number of halogens is 4. The first kappa shape index (κ1) is 31.9. The zero-order chi connectivity index (χ0) is 32.7. The minimum absolute atomic E-state index is 0.120. The molecular formula is C32H29Br2Cl2N3O7. The van der Waals surface area contributed by atoms with Gasteiger partial charge in [-0.25, -0.2) is 0 Å². The van der Waals surface area contributed by atoms with E-state index in [1.165, 1.54) is 12.0 Å². The highest BCUT2D eigenvalue weighted by molar-refractivity contribution is 9.10. The average Bonchev–Trinajstić information content (AvgIpc) is 3.40. The lowest BCUT2D eigenvalue weighted by Crippen LogP contribution is -2.60. The average molecular weight is 798 g/mol. The number of hydrogen-bond acceptors (Lipinski definition) is 8. The third-order valence-electron chi connectivity index (χ3n) is 10.1. The maximum Gasteiger partial charge on any atom is 0.254 e. The lowest BCUT2D eigenvalue weighted by Gasteiger charge is -2.50. The van der Waals surface area contributed by atoms with Gasteiger partial charge in [-0.15, -0.1) is 23.2 Å². The number of carbonyl (C=O) groups is 4. The van der Waals surface area contributed by atoms with Gasteiger partial charge in [0.2, 0.25) is 11.8 Å². The summed E-state index contributed by atoms with van der Waals surface area (Å²) in [4.78, 5) is 56.5. The zero-order valence-corrected chi connectivity index (χ0v) is 29.2. The van der Waals surface area contributed by atoms with Gasteiger partial charge in [-0.05, 0) is 55.2 Å². The lowest BCUT2D eigenvalue weighted by molar-refractivity contribution is -0.138. The van der Waals surface area contributed by atoms with E-state index in [-0.39, 0.29) is 41.3 Å². The zero-order valence-electron chi connectivity index (χ0n) is 24.6. The number of hydrogen-bond donors (Lipinski definition) is 1. The highest BCUT2D eigenvalue weighted by Crippen LogP contribution is 2.66. The van der Waals surface area contributed by atoms with Crippen LogP contribution < -0.4 is 14.5 Å². The number of ether oxygens (including phenoxy) is 2. The van der Waals surface area contributed by atoms with Crippen molar-refractivity contribution in [3.8, 4) is 11.5 Å². The molecule has 6 unspecified atom stereocenters. The van der Waals surface area contributed by atoms with Gasteiger partial charge in [0.1, 0.15) is 0 Å². The van der Waals surface area contributed by atoms with Crippen molar-refractivity contribution in [2.24, 2.45) is 17.8 Å². The fraction of sp³-hybridized carbons (Fsp3) is 0.438. The van der Waals surface area contributed by atoms with Gasteiger partial charge in [-0.3, -0.25) is 29.0 Å². The number of methoxy groups -OCH3 is 1. The third-order valence-corrected chi connectivity index (χ3v) is 12.5. The molecule has 1 N–H and O–H groups in total. The molecule has 10 nitrogen and oxygen atoms in total. The van der Waals surface area contributed by atoms with Crippen LogP contribution in [0.3, 0.4) is 0 Å². The Labute approximate surface area is 291 Å². The van der Waals surface area contributed by atoms with E-state index in [1.807, 2.05) is 18.2 Å². The number of benzene rings is 2. The van der Waals surface area contributed by atoms with Crippen molar-refractivity contribution in [2.75, 3.05) is 48.7 Å². The predicted octanol–water partition coefficient (Wildman–Crippen LogP) is 4.92. The molecule has 6 atom stereocenters. The second-order valence-electron chi connectivity index (χ2n) is 12.2. The molecular weight excluding hydrogens is 769 g/mol. The Hall–Kier alpha value is -2.64. The van der Waals surface area contributed by atoms with E-state index < -0.39 is 51.1 Å². The van der Waals surface area contributed by atoms with Gasteiger partial charge < -0.3 is 19.5 Å². The van der Waals surface area contributed by atoms with Gasteiger partial charge in [0.25, 0.3) is 11.8 Å². The van der Waals surface area contributed by atoms with Crippen molar-refractivity contribution in [3.05, 3.63) is 58.1 Å². The predicted molar refractivity (Wildman–Crippen MR) is 178 cm³/mol. The highest BCUT2D eigenvalue weighted by Gasteiger charge is 2.76. The number of fused-ring (bicyclic) bond motifs is 4. The van der Waals surface area contributed by atoms with Crippen LogP contribution in [0.2, 0.25) is 0 Å². The second kappa shape index (κ2) is 11.5. The van der Waals surface area contributed by atoms with Crippen LogP contribution in [0.1, 0.15) is 24.3 Å². The quantitative estimate of drug-likeness (QED) is 0.197. The van der Waals surface area contributed by atoms with Crippen molar-refractivity contribution in [1.29, 1.82) is 0 Å². The number of morpholine rings is 1. The van der Waals surface area contributed by atoms with E-state index in [4.69, 9.17) is 32.7 Å². The number of allylic oxidation sites excluding steroid dienone is 2. The lowest BCUT2D eigenvalue weighted by atomic mass is 9.56. The summed E-state index contributed by atoms with van der Waals surface area (Å²) in [6, 6.07) is 10.5. The maximum atomic E-state index is 14.3. The van der Waals surface area contributed by atoms with Crippen LogP contribution in [-0.2, 0) is 23.9 Å². The van der Waals surface area contributed by atoms with E-state index in [0.29, 0.717) is 28.9 Å². The molecule has 2 aromatic carbocycles. The molecule has 3 saturated heterocycles. The largest absolute Gasteiger partial charge is 0.504 e. The Balaban J connectivity index is 1.32. The first-order valence-electron chi connectivity index (χ1n) is 14.8. The summed E-state index contributed by atoms with van der Waals surface area (Å²) in [5.74, 6) is -5.72. The van der Waals surface area contributed by atoms with Crippen molar-refractivity contribution in [2.45, 2.75) is 28.5 Å². The van der Waals surface area contributed by atoms with E-state index in [9.17, 15) is 24.3 Å². The molecule has 0 spiro atoms. The van der Waals surface area contributed by atoms with Crippen molar-refractivity contribution in [3.63, 3.8) is 0 Å². The maximum absolute atomic E-state index is 14.3. The Morgan fingerprint density at radius 3 is 2.33 bits per heavy atom. The summed E-state index contributed by atoms with van der Waals surface area (Å²) in [6.45, 7) is 2.75. The van der Waals surface area contributed by atoms with Crippen molar-refractivity contribution < 1.29 is 33.8 Å². The minimum atomic E-state index is -2.04. The van der Waals surface area contributed by atoms with E-state index in [0.717, 1.165) is 23.7 Å². The molecule has 1 saturated carbocycles. The molecule has 7 rings (SSSR count). The molecule has 0 aromatic heterocycles. The third kappa shape index (κ3) is 4.36. The number of imide groups is 2. The number of carbonyl (C=O) groups excluding carboxylic acids is 4. The van der Waals surface area contributed by atoms with Crippen LogP contribution in [-0.4, -0.2) is 82.3 Å². The minimum Gasteiger partial charge on any atom is -0.504 e. The molecule has 2 aromatic rings. The topological polar surface area (TPSA) is 117 Å². The number of amides is 4. The molecule has 242 valence electrons. The normalized spacial score (nSPS) is 32.4. The molecule has 2 aliphatic carbocycles. The van der Waals surface area contributed by atoms with Gasteiger partial charge in [0.05, 0.1) is 43.3 Å². The number of anilines is 2. The van der Waals surface area contributed by atoms with Crippen LogP contribution >= 0.6 is 55.1 Å². The molecule has 3 heterocycles. The summed E-state index contributed by atoms with van der Waals surface area (Å²) in [6.07, 6.45) is 1.89. The van der Waals surface area contributed by atoms with Crippen LogP contribution in [0.25, 0.3) is 0 Å². The molecule has 0 bridgehead atoms. The summed E-state index contributed by atoms with van der Waals surface area (Å²) in [5, 5.41) is 11.4. The Kier molecular flexibility index (Phi) is 7.99. The Morgan fingerprint density at radius 2 is 1.67 bits per heavy atom. The second-order valence-corrected chi connectivity index (χ2v) is 14.8. The molecule has 4 fully saturated rings. The van der Waals surface area contributed by atoms with E-state index in [2.05, 4.69) is 36.8 Å². The van der Waals surface area contributed by atoms with Crippen molar-refractivity contribution in [1.82, 2.24) is 4.90 Å². The molecule has 14 heteroatoms. The summed E-state index contributed by atoms with van der Waals surface area (Å²) in [7, 11) is 1.39. The summed E-state index contributed by atoms with van der Waals surface area (Å²) < 4.78 is 11.4. The first-order chi connectivity index (χ1) is 22.0. The van der Waals surface area contributed by atoms with Gasteiger partial charge in [0.15, 0.2) is 21.2 Å². The fourth-order valence-electron chi connectivity index (χ4n) is 7.96. The standard InChI is InChI=1S/C32H29Br2Cl2N3O7/c1-45-23-13-16(34)12-21(26(23)40)25-19-6-7-20-24(22(19)14-31(35)29(43)38(15-33)30(44)32(25,31)36)28(42)39(27(20)41)18-4-2-17(3-5-18)37-8-10-46-11-9-37/h2-6,12-13,20,22,24-25,40H,7-11,14-15H2,1H3. The number of rotatable bonds is 5. The van der Waals surface area contributed by atoms with Crippen LogP contribution in [0.5, 0.6) is 11.5 Å². The van der Waals surface area contributed by atoms with E-state index in [1.54, 1.807) is 24.3 Å². The molecule has 5 aliphatic rings. The van der Waals surface area contributed by atoms with Crippen LogP contribution in [0.4, 0.5) is 11.4 Å². The molecule has 46 heavy (non-hydrogen) atoms. The summed E-state index contributed by atoms with van der Waals surface area (Å²) >= 11 is 21.3. The number of phenolic OH excluding ortho intramolecular Hbond substituents is 1. The first-order valence-corrected chi connectivity index (χ1v) is 17.5. The molecule has 4 amide bonds. The summed E-state index contributed by atoms with van der Waals surface area (Å²) in [5.41, 5.74) is 2.07. The fourth-order valence-corrected chi connectivity index (χ4v) is 9.83. The van der Waals surface area contributed by atoms with Crippen molar-refractivity contribution >= 4 is 90.1 Å². The monoisotopic (exact) mass is 795 g/mol.